The Balaban J connectivity index is 0.000000143. The van der Waals surface area contributed by atoms with Crippen molar-refractivity contribution in [3.8, 4) is 0 Å². The van der Waals surface area contributed by atoms with E-state index in [1.807, 2.05) is 158 Å². The lowest BCUT2D eigenvalue weighted by Crippen LogP contribution is -2.48. The number of Topliss-reactive ketones (excluding diaryl/α,β-unsaturated/α-hetero) is 2. The van der Waals surface area contributed by atoms with Crippen molar-refractivity contribution in [2.75, 3.05) is 39.3 Å². The molecule has 438 valence electrons. The fraction of sp³-hybridized carbons (Fsp3) is 0.366. The van der Waals surface area contributed by atoms with Crippen LogP contribution in [0.2, 0.25) is 0 Å². The first kappa shape index (κ1) is 58.6. The average Bonchev–Trinajstić information content (AvgIpc) is 2.42. The summed E-state index contributed by atoms with van der Waals surface area (Å²) in [4.78, 5) is 86.4. The molecule has 2 unspecified atom stereocenters. The van der Waals surface area contributed by atoms with Crippen LogP contribution in [0.25, 0.3) is 0 Å². The van der Waals surface area contributed by atoms with Gasteiger partial charge in [0.25, 0.3) is 0 Å². The Morgan fingerprint density at radius 1 is 0.494 bits per heavy atom. The molecule has 14 heteroatoms. The van der Waals surface area contributed by atoms with E-state index in [0.717, 1.165) is 99.1 Å². The Morgan fingerprint density at radius 2 is 0.894 bits per heavy atom. The number of carboxylic acids is 2. The molecular weight excluding hydrogens is 1060 g/mol. The third-order valence-corrected chi connectivity index (χ3v) is 19.5. The number of aliphatic carboxylic acids is 2. The Hall–Kier alpha value is -8.17. The quantitative estimate of drug-likeness (QED) is 0.105. The summed E-state index contributed by atoms with van der Waals surface area (Å²) in [7, 11) is 0. The molecule has 5 heterocycles. The third-order valence-electron chi connectivity index (χ3n) is 19.5. The monoisotopic (exact) mass is 1140 g/mol. The van der Waals surface area contributed by atoms with Gasteiger partial charge in [0.15, 0.2) is 0 Å². The number of rotatable bonds is 12. The number of hydrogen-bond acceptors (Lipinski definition) is 10. The van der Waals surface area contributed by atoms with Crippen molar-refractivity contribution in [3.05, 3.63) is 234 Å². The van der Waals surface area contributed by atoms with E-state index in [9.17, 15) is 33.9 Å². The van der Waals surface area contributed by atoms with Crippen molar-refractivity contribution >= 4 is 35.3 Å². The van der Waals surface area contributed by atoms with Gasteiger partial charge in [-0.15, -0.1) is 0 Å². The number of benzene rings is 6. The van der Waals surface area contributed by atoms with E-state index < -0.39 is 29.9 Å². The molecule has 85 heavy (non-hydrogen) atoms. The van der Waals surface area contributed by atoms with Crippen LogP contribution in [0.5, 0.6) is 0 Å². The molecule has 3 N–H and O–H groups in total. The zero-order valence-electron chi connectivity index (χ0n) is 48.1. The highest BCUT2D eigenvalue weighted by atomic mass is 16.4. The van der Waals surface area contributed by atoms with Gasteiger partial charge in [-0.2, -0.15) is 0 Å². The molecule has 7 aromatic rings. The highest BCUT2D eigenvalue weighted by molar-refractivity contribution is 5.92. The van der Waals surface area contributed by atoms with Gasteiger partial charge >= 0.3 is 11.9 Å². The minimum atomic E-state index is -0.949. The van der Waals surface area contributed by atoms with Crippen molar-refractivity contribution in [2.45, 2.75) is 112 Å². The molecule has 14 nitrogen and oxygen atoms in total. The minimum Gasteiger partial charge on any atom is -0.480 e. The molecule has 2 saturated carbocycles. The maximum Gasteiger partial charge on any atom is 0.326 e. The molecule has 2 spiro atoms. The lowest BCUT2D eigenvalue weighted by molar-refractivity contribution is -0.148. The molecule has 2 aliphatic carbocycles. The van der Waals surface area contributed by atoms with Crippen molar-refractivity contribution in [3.63, 3.8) is 0 Å². The normalized spacial score (nSPS) is 23.6. The minimum absolute atomic E-state index is 0.0000926. The van der Waals surface area contributed by atoms with Crippen molar-refractivity contribution in [1.29, 1.82) is 0 Å². The molecular formula is C71H76N6O8. The fourth-order valence-corrected chi connectivity index (χ4v) is 15.1. The van der Waals surface area contributed by atoms with Crippen LogP contribution in [-0.4, -0.2) is 133 Å². The van der Waals surface area contributed by atoms with E-state index in [0.29, 0.717) is 49.8 Å². The standard InChI is InChI=1S/C34H36N2O4.C20H26N2O3.C17H14N2O/c37-29-16-17-34(31(29)26-14-8-3-9-15-26)18-20-35(21-19-34)27-22-28(33(39)40)36(23-27)32(38)30(24-10-4-1-5-11-24)25-12-6-2-7-13-25;23-17-6-7-20(18(17)14-4-2-1-3-5-14)8-10-22(11-9-20)15-12-16(19(24)25)21-13-15;20-17(19-12-11-18-13-19)16(14-7-3-1-4-8-14)15-9-5-2-6-10-15/h1-15,27-28,30-31H,16-23H2,(H,39,40);1-5,15-16,18,21H,6-13H2,(H,24,25);1-13,16H/t27-,28-,31?;15-,16-,18?;/m00./s1. The maximum atomic E-state index is 14.1. The second-order valence-corrected chi connectivity index (χ2v) is 24.2. The summed E-state index contributed by atoms with van der Waals surface area (Å²) in [6.45, 7) is 4.72. The van der Waals surface area contributed by atoms with Gasteiger partial charge in [0.1, 0.15) is 30.0 Å². The highest BCUT2D eigenvalue weighted by Crippen LogP contribution is 2.55. The van der Waals surface area contributed by atoms with E-state index in [1.165, 1.54) is 10.1 Å². The number of aromatic nitrogens is 2. The van der Waals surface area contributed by atoms with Gasteiger partial charge in [0.2, 0.25) is 11.8 Å². The second-order valence-electron chi connectivity index (χ2n) is 24.2. The molecule has 1 amide bonds. The molecule has 6 aliphatic rings. The molecule has 6 fully saturated rings. The lowest BCUT2D eigenvalue weighted by atomic mass is 9.68. The zero-order valence-corrected chi connectivity index (χ0v) is 48.1. The molecule has 13 rings (SSSR count). The van der Waals surface area contributed by atoms with Gasteiger partial charge in [-0.1, -0.05) is 182 Å². The van der Waals surface area contributed by atoms with Gasteiger partial charge < -0.3 is 20.4 Å². The molecule has 4 saturated heterocycles. The molecule has 1 aromatic heterocycles. The van der Waals surface area contributed by atoms with Crippen molar-refractivity contribution in [2.24, 2.45) is 10.8 Å². The van der Waals surface area contributed by atoms with E-state index in [-0.39, 0.29) is 46.4 Å². The number of ketones is 2. The van der Waals surface area contributed by atoms with Crippen LogP contribution >= 0.6 is 0 Å². The summed E-state index contributed by atoms with van der Waals surface area (Å²) in [6.07, 6.45) is 13.1. The number of hydrogen-bond donors (Lipinski definition) is 3. The van der Waals surface area contributed by atoms with Gasteiger partial charge in [-0.25, -0.2) is 9.78 Å². The highest BCUT2D eigenvalue weighted by Gasteiger charge is 2.53. The predicted octanol–water partition coefficient (Wildman–Crippen LogP) is 10.5. The molecule has 0 radical (unpaired) electrons. The van der Waals surface area contributed by atoms with Crippen LogP contribution in [0.1, 0.15) is 126 Å². The number of likely N-dealkylation sites (tertiary alicyclic amines) is 3. The largest absolute Gasteiger partial charge is 0.480 e. The summed E-state index contributed by atoms with van der Waals surface area (Å²) in [5.74, 6) is -1.99. The molecule has 0 bridgehead atoms. The van der Waals surface area contributed by atoms with E-state index in [1.54, 1.807) is 23.6 Å². The van der Waals surface area contributed by atoms with Crippen LogP contribution in [0.3, 0.4) is 0 Å². The smallest absolute Gasteiger partial charge is 0.326 e. The molecule has 4 aliphatic heterocycles. The summed E-state index contributed by atoms with van der Waals surface area (Å²) in [5.41, 5.74) is 6.07. The second kappa shape index (κ2) is 26.4. The number of carbonyl (C=O) groups is 6. The van der Waals surface area contributed by atoms with E-state index >= 15 is 0 Å². The Morgan fingerprint density at radius 3 is 1.27 bits per heavy atom. The maximum absolute atomic E-state index is 14.1. The summed E-state index contributed by atoms with van der Waals surface area (Å²) in [6, 6.07) is 58.4. The average molecular weight is 1140 g/mol. The molecule has 6 aromatic carbocycles. The topological polar surface area (TPSA) is 182 Å². The van der Waals surface area contributed by atoms with Crippen molar-refractivity contribution < 1.29 is 39.0 Å². The first-order valence-corrected chi connectivity index (χ1v) is 30.3. The number of carboxylic acid groups (broad SMARTS) is 2. The predicted molar refractivity (Wildman–Crippen MR) is 325 cm³/mol. The van der Waals surface area contributed by atoms with Gasteiger partial charge in [0.05, 0.1) is 11.8 Å². The molecule has 6 atom stereocenters. The van der Waals surface area contributed by atoms with Gasteiger partial charge in [0, 0.05) is 62.2 Å². The summed E-state index contributed by atoms with van der Waals surface area (Å²) < 4.78 is 1.53. The van der Waals surface area contributed by atoms with Gasteiger partial charge in [-0.05, 0) is 122 Å². The zero-order chi connectivity index (χ0) is 58.9. The number of nitrogens with zero attached hydrogens (tertiary/aromatic N) is 5. The van der Waals surface area contributed by atoms with Crippen LogP contribution in [-0.2, 0) is 24.0 Å². The Bertz CT molecular complexity index is 3290. The fourth-order valence-electron chi connectivity index (χ4n) is 15.1. The first-order valence-electron chi connectivity index (χ1n) is 30.3. The SMILES string of the molecule is O=C(C(c1ccccc1)c1ccccc1)n1ccnc1.O=C1CCC2(CCN([C@@H]3CN[C@H](C(=O)O)C3)CC2)C1c1ccccc1.O=C1CCC2(CCN([C@H]3C[C@@H](C(=O)O)N(C(=O)C(c4ccccc4)c4ccccc4)C3)CC2)C1c1ccccc1. The third kappa shape index (κ3) is 12.8. The first-order chi connectivity index (χ1) is 41.4. The number of carbonyl (C=O) groups excluding carboxylic acids is 4. The van der Waals surface area contributed by atoms with E-state index in [2.05, 4.69) is 44.4 Å². The number of nitrogens with one attached hydrogen (secondary N) is 1. The number of amides is 1. The van der Waals surface area contributed by atoms with Gasteiger partial charge in [-0.3, -0.25) is 38.3 Å². The van der Waals surface area contributed by atoms with Crippen LogP contribution < -0.4 is 5.32 Å². The van der Waals surface area contributed by atoms with Crippen LogP contribution in [0.4, 0.5) is 0 Å². The Labute approximate surface area is 497 Å². The Kier molecular flexibility index (Phi) is 18.2. The number of imidazole rings is 1. The van der Waals surface area contributed by atoms with Crippen LogP contribution in [0, 0.1) is 10.8 Å². The lowest BCUT2D eigenvalue weighted by Gasteiger charge is -2.44. The number of piperidine rings is 2. The van der Waals surface area contributed by atoms with E-state index in [4.69, 9.17) is 5.11 Å². The summed E-state index contributed by atoms with van der Waals surface area (Å²) >= 11 is 0. The van der Waals surface area contributed by atoms with Crippen LogP contribution in [0.15, 0.2) is 201 Å². The summed E-state index contributed by atoms with van der Waals surface area (Å²) in [5, 5.41) is 22.5. The van der Waals surface area contributed by atoms with Crippen molar-refractivity contribution in [1.82, 2.24) is 29.6 Å².